The third-order valence-electron chi connectivity index (χ3n) is 6.11. The van der Waals surface area contributed by atoms with E-state index in [0.717, 1.165) is 44.4 Å². The van der Waals surface area contributed by atoms with Crippen LogP contribution < -0.4 is 11.1 Å². The molecule has 26 heavy (non-hydrogen) atoms. The number of likely N-dealkylation sites (tertiary alicyclic amines) is 1. The van der Waals surface area contributed by atoms with E-state index >= 15 is 0 Å². The van der Waals surface area contributed by atoms with Gasteiger partial charge in [0.2, 0.25) is 5.91 Å². The fraction of sp³-hybridized carbons (Fsp3) is 0.895. The number of halogens is 1. The number of amides is 1. The number of primary amides is 1. The summed E-state index contributed by atoms with van der Waals surface area (Å²) in [6.45, 7) is 5.16. The van der Waals surface area contributed by atoms with Crippen LogP contribution in [-0.2, 0) is 4.79 Å². The van der Waals surface area contributed by atoms with Gasteiger partial charge in [-0.2, -0.15) is 0 Å². The van der Waals surface area contributed by atoms with E-state index in [9.17, 15) is 4.79 Å². The maximum Gasteiger partial charge on any atom is 0.217 e. The van der Waals surface area contributed by atoms with Crippen LogP contribution in [-0.4, -0.2) is 68.0 Å². The molecule has 2 aliphatic rings. The molecule has 0 aromatic heterocycles. The summed E-state index contributed by atoms with van der Waals surface area (Å²) < 4.78 is 0. The van der Waals surface area contributed by atoms with Crippen molar-refractivity contribution >= 4 is 35.8 Å². The zero-order valence-electron chi connectivity index (χ0n) is 17.0. The standard InChI is InChI=1S/C19H37N5O.HI/c1-15-7-5-9-19(12-15,23(3)4)14-22-18(21-2)24-10-6-8-16(13-24)11-17(20)25;/h15-16H,5-14H2,1-4H3,(H2,20,25)(H,21,22);1H. The van der Waals surface area contributed by atoms with Gasteiger partial charge in [-0.05, 0) is 51.6 Å². The first-order chi connectivity index (χ1) is 11.9. The molecule has 6 nitrogen and oxygen atoms in total. The molecule has 3 atom stereocenters. The van der Waals surface area contributed by atoms with Gasteiger partial charge in [-0.1, -0.05) is 19.8 Å². The minimum Gasteiger partial charge on any atom is -0.370 e. The van der Waals surface area contributed by atoms with E-state index in [-0.39, 0.29) is 35.4 Å². The average Bonchev–Trinajstić information content (AvgIpc) is 2.55. The molecule has 152 valence electrons. The van der Waals surface area contributed by atoms with Crippen LogP contribution in [0.3, 0.4) is 0 Å². The van der Waals surface area contributed by atoms with Gasteiger partial charge in [0.25, 0.3) is 0 Å². The first-order valence-corrected chi connectivity index (χ1v) is 9.77. The minimum absolute atomic E-state index is 0. The molecule has 1 aliphatic heterocycles. The molecule has 0 bridgehead atoms. The van der Waals surface area contributed by atoms with E-state index < -0.39 is 0 Å². The van der Waals surface area contributed by atoms with Crippen molar-refractivity contribution in [2.45, 2.75) is 57.4 Å². The van der Waals surface area contributed by atoms with Crippen LogP contribution in [0.4, 0.5) is 0 Å². The Morgan fingerprint density at radius 2 is 2.08 bits per heavy atom. The summed E-state index contributed by atoms with van der Waals surface area (Å²) in [6, 6.07) is 0. The van der Waals surface area contributed by atoms with Gasteiger partial charge in [0.1, 0.15) is 0 Å². The minimum atomic E-state index is -0.197. The number of piperidine rings is 1. The normalized spacial score (nSPS) is 30.0. The Morgan fingerprint density at radius 1 is 1.35 bits per heavy atom. The van der Waals surface area contributed by atoms with Crippen molar-refractivity contribution in [1.82, 2.24) is 15.1 Å². The molecule has 2 rings (SSSR count). The highest BCUT2D eigenvalue weighted by molar-refractivity contribution is 14.0. The smallest absolute Gasteiger partial charge is 0.217 e. The summed E-state index contributed by atoms with van der Waals surface area (Å²) in [6.07, 6.45) is 7.75. The molecule has 1 heterocycles. The first kappa shape index (κ1) is 23.5. The van der Waals surface area contributed by atoms with Crippen LogP contribution in [0.1, 0.15) is 51.9 Å². The lowest BCUT2D eigenvalue weighted by molar-refractivity contribution is -0.119. The van der Waals surface area contributed by atoms with Gasteiger partial charge in [-0.25, -0.2) is 0 Å². The molecule has 3 N–H and O–H groups in total. The van der Waals surface area contributed by atoms with Crippen molar-refractivity contribution in [3.63, 3.8) is 0 Å². The monoisotopic (exact) mass is 479 g/mol. The van der Waals surface area contributed by atoms with Gasteiger partial charge in [0, 0.05) is 38.6 Å². The lowest BCUT2D eigenvalue weighted by atomic mass is 9.75. The number of guanidine groups is 1. The number of nitrogens with two attached hydrogens (primary N) is 1. The number of nitrogens with zero attached hydrogens (tertiary/aromatic N) is 3. The van der Waals surface area contributed by atoms with Crippen LogP contribution in [0.2, 0.25) is 0 Å². The predicted octanol–water partition coefficient (Wildman–Crippen LogP) is 2.28. The molecule has 7 heteroatoms. The molecule has 0 aromatic rings. The van der Waals surface area contributed by atoms with Gasteiger partial charge in [-0.15, -0.1) is 24.0 Å². The quantitative estimate of drug-likeness (QED) is 0.361. The molecule has 2 fully saturated rings. The molecular weight excluding hydrogens is 441 g/mol. The SMILES string of the molecule is CN=C(NCC1(N(C)C)CCCC(C)C1)N1CCCC(CC(N)=O)C1.I. The summed E-state index contributed by atoms with van der Waals surface area (Å²) in [5.74, 6) is 1.89. The highest BCUT2D eigenvalue weighted by Gasteiger charge is 2.37. The number of carbonyl (C=O) groups is 1. The average molecular weight is 479 g/mol. The Hall–Kier alpha value is -0.570. The highest BCUT2D eigenvalue weighted by atomic mass is 127. The third-order valence-corrected chi connectivity index (χ3v) is 6.11. The van der Waals surface area contributed by atoms with Crippen molar-refractivity contribution in [1.29, 1.82) is 0 Å². The second kappa shape index (κ2) is 10.7. The largest absolute Gasteiger partial charge is 0.370 e. The second-order valence-corrected chi connectivity index (χ2v) is 8.35. The maximum atomic E-state index is 11.2. The van der Waals surface area contributed by atoms with Gasteiger partial charge in [0.15, 0.2) is 5.96 Å². The number of aliphatic imine (C=N–C) groups is 1. The van der Waals surface area contributed by atoms with E-state index in [1.807, 2.05) is 7.05 Å². The maximum absolute atomic E-state index is 11.2. The van der Waals surface area contributed by atoms with Gasteiger partial charge in [0.05, 0.1) is 0 Å². The molecule has 1 saturated carbocycles. The third kappa shape index (κ3) is 6.25. The van der Waals surface area contributed by atoms with Crippen LogP contribution >= 0.6 is 24.0 Å². The van der Waals surface area contributed by atoms with Crippen LogP contribution in [0.5, 0.6) is 0 Å². The summed E-state index contributed by atoms with van der Waals surface area (Å²) >= 11 is 0. The number of likely N-dealkylation sites (N-methyl/N-ethyl adjacent to an activating group) is 1. The topological polar surface area (TPSA) is 74.0 Å². The van der Waals surface area contributed by atoms with Crippen molar-refractivity contribution in [2.24, 2.45) is 22.6 Å². The Morgan fingerprint density at radius 3 is 2.65 bits per heavy atom. The van der Waals surface area contributed by atoms with E-state index in [2.05, 4.69) is 41.1 Å². The molecule has 0 aromatic carbocycles. The molecule has 3 unspecified atom stereocenters. The molecule has 1 amide bonds. The Labute approximate surface area is 176 Å². The van der Waals surface area contributed by atoms with Gasteiger partial charge < -0.3 is 20.9 Å². The lowest BCUT2D eigenvalue weighted by Gasteiger charge is -2.46. The molecule has 0 radical (unpaired) electrons. The van der Waals surface area contributed by atoms with Crippen LogP contribution in [0.25, 0.3) is 0 Å². The first-order valence-electron chi connectivity index (χ1n) is 9.77. The van der Waals surface area contributed by atoms with Gasteiger partial charge in [-0.3, -0.25) is 9.79 Å². The number of carbonyl (C=O) groups excluding carboxylic acids is 1. The van der Waals surface area contributed by atoms with Crippen molar-refractivity contribution in [3.8, 4) is 0 Å². The fourth-order valence-corrected chi connectivity index (χ4v) is 4.64. The summed E-state index contributed by atoms with van der Waals surface area (Å²) in [5.41, 5.74) is 5.59. The fourth-order valence-electron chi connectivity index (χ4n) is 4.64. The summed E-state index contributed by atoms with van der Waals surface area (Å²) in [5, 5.41) is 3.64. The lowest BCUT2D eigenvalue weighted by Crippen LogP contribution is -2.57. The molecule has 1 saturated heterocycles. The van der Waals surface area contributed by atoms with E-state index in [0.29, 0.717) is 12.3 Å². The Balaban J connectivity index is 0.00000338. The molecule has 1 aliphatic carbocycles. The van der Waals surface area contributed by atoms with Crippen molar-refractivity contribution in [3.05, 3.63) is 0 Å². The Kier molecular flexibility index (Phi) is 9.64. The van der Waals surface area contributed by atoms with Gasteiger partial charge >= 0.3 is 0 Å². The van der Waals surface area contributed by atoms with E-state index in [1.54, 1.807) is 0 Å². The number of hydrogen-bond donors (Lipinski definition) is 2. The summed E-state index contributed by atoms with van der Waals surface area (Å²) in [4.78, 5) is 20.5. The second-order valence-electron chi connectivity index (χ2n) is 8.35. The van der Waals surface area contributed by atoms with Crippen molar-refractivity contribution in [2.75, 3.05) is 40.8 Å². The van der Waals surface area contributed by atoms with E-state index in [1.165, 1.54) is 25.7 Å². The predicted molar refractivity (Wildman–Crippen MR) is 119 cm³/mol. The van der Waals surface area contributed by atoms with E-state index in [4.69, 9.17) is 5.73 Å². The van der Waals surface area contributed by atoms with Crippen LogP contribution in [0.15, 0.2) is 4.99 Å². The molecular formula is C19H38IN5O. The Bertz CT molecular complexity index is 485. The number of rotatable bonds is 5. The highest BCUT2D eigenvalue weighted by Crippen LogP contribution is 2.35. The molecule has 0 spiro atoms. The zero-order valence-corrected chi connectivity index (χ0v) is 19.3. The van der Waals surface area contributed by atoms with Crippen molar-refractivity contribution < 1.29 is 4.79 Å². The number of nitrogens with one attached hydrogen (secondary N) is 1. The number of hydrogen-bond acceptors (Lipinski definition) is 3. The van der Waals surface area contributed by atoms with Crippen LogP contribution in [0, 0.1) is 11.8 Å². The zero-order chi connectivity index (χ0) is 18.4. The summed E-state index contributed by atoms with van der Waals surface area (Å²) in [7, 11) is 6.25.